The van der Waals surface area contributed by atoms with Gasteiger partial charge in [-0.05, 0) is 12.1 Å². The van der Waals surface area contributed by atoms with Crippen LogP contribution >= 0.6 is 23.2 Å². The zero-order valence-electron chi connectivity index (χ0n) is 5.46. The number of halogens is 2. The Kier molecular flexibility index (Phi) is 2.74. The van der Waals surface area contributed by atoms with Gasteiger partial charge in [0, 0.05) is 10.6 Å². The summed E-state index contributed by atoms with van der Waals surface area (Å²) in [5, 5.41) is 11.8. The molecular weight excluding hydrogens is 185 g/mol. The quantitative estimate of drug-likeness (QED) is 0.412. The molecule has 0 bridgehead atoms. The van der Waals surface area contributed by atoms with Crippen molar-refractivity contribution < 1.29 is 5.21 Å². The topological polar surface area (TPSA) is 32.6 Å². The first-order valence-corrected chi connectivity index (χ1v) is 3.63. The van der Waals surface area contributed by atoms with E-state index in [1.165, 1.54) is 0 Å². The van der Waals surface area contributed by atoms with Gasteiger partial charge >= 0.3 is 0 Å². The molecule has 0 aromatic heterocycles. The summed E-state index contributed by atoms with van der Waals surface area (Å²) in [6.07, 6.45) is 0. The van der Waals surface area contributed by atoms with E-state index >= 15 is 0 Å². The van der Waals surface area contributed by atoms with Gasteiger partial charge < -0.3 is 5.21 Å². The Labute approximate surface area is 74.0 Å². The number of oxime groups is 1. The molecule has 1 rings (SSSR count). The van der Waals surface area contributed by atoms with E-state index in [1.54, 1.807) is 24.3 Å². The highest BCUT2D eigenvalue weighted by Gasteiger charge is 1.98. The van der Waals surface area contributed by atoms with Crippen LogP contribution in [0.2, 0.25) is 5.02 Å². The highest BCUT2D eigenvalue weighted by molar-refractivity contribution is 6.69. The molecule has 0 saturated carbocycles. The molecule has 1 aromatic carbocycles. The lowest BCUT2D eigenvalue weighted by Gasteiger charge is -1.94. The maximum absolute atomic E-state index is 8.28. The molecular formula is C7H5Cl2NO. The number of hydrogen-bond donors (Lipinski definition) is 1. The van der Waals surface area contributed by atoms with Crippen molar-refractivity contribution >= 4 is 28.4 Å². The maximum atomic E-state index is 8.28. The second-order valence-corrected chi connectivity index (χ2v) is 2.69. The predicted octanol–water partition coefficient (Wildman–Crippen LogP) is 2.71. The molecule has 0 spiro atoms. The van der Waals surface area contributed by atoms with Crippen LogP contribution in [0.3, 0.4) is 0 Å². The van der Waals surface area contributed by atoms with E-state index in [0.717, 1.165) is 0 Å². The van der Waals surface area contributed by atoms with Crippen LogP contribution in [0.4, 0.5) is 0 Å². The maximum Gasteiger partial charge on any atom is 0.175 e. The van der Waals surface area contributed by atoms with Gasteiger partial charge in [0.1, 0.15) is 0 Å². The minimum Gasteiger partial charge on any atom is -0.410 e. The van der Waals surface area contributed by atoms with E-state index in [4.69, 9.17) is 28.4 Å². The number of nitrogens with zero attached hydrogens (tertiary/aromatic N) is 1. The molecule has 0 radical (unpaired) electrons. The summed E-state index contributed by atoms with van der Waals surface area (Å²) in [6.45, 7) is 0. The lowest BCUT2D eigenvalue weighted by Crippen LogP contribution is -1.88. The first-order chi connectivity index (χ1) is 5.24. The van der Waals surface area contributed by atoms with Crippen molar-refractivity contribution in [3.8, 4) is 0 Å². The summed E-state index contributed by atoms with van der Waals surface area (Å²) < 4.78 is 0. The summed E-state index contributed by atoms with van der Waals surface area (Å²) >= 11 is 11.1. The highest BCUT2D eigenvalue weighted by Crippen LogP contribution is 2.11. The summed E-state index contributed by atoms with van der Waals surface area (Å²) in [5.74, 6) is 0. The van der Waals surface area contributed by atoms with Crippen molar-refractivity contribution in [1.82, 2.24) is 0 Å². The zero-order chi connectivity index (χ0) is 8.27. The number of hydrogen-bond acceptors (Lipinski definition) is 2. The van der Waals surface area contributed by atoms with E-state index < -0.39 is 0 Å². The molecule has 4 heteroatoms. The van der Waals surface area contributed by atoms with Gasteiger partial charge in [-0.15, -0.1) is 0 Å². The molecule has 0 aliphatic carbocycles. The molecule has 0 fully saturated rings. The normalized spacial score (nSPS) is 11.6. The SMILES string of the molecule is O/N=C(\Cl)c1ccc(Cl)cc1. The highest BCUT2D eigenvalue weighted by atomic mass is 35.5. The van der Waals surface area contributed by atoms with E-state index in [9.17, 15) is 0 Å². The van der Waals surface area contributed by atoms with Crippen LogP contribution in [0.1, 0.15) is 5.56 Å². The molecule has 1 aromatic rings. The Morgan fingerprint density at radius 1 is 1.27 bits per heavy atom. The van der Waals surface area contributed by atoms with Crippen LogP contribution in [0, 0.1) is 0 Å². The van der Waals surface area contributed by atoms with E-state index in [-0.39, 0.29) is 5.17 Å². The smallest absolute Gasteiger partial charge is 0.175 e. The lowest BCUT2D eigenvalue weighted by atomic mass is 10.2. The summed E-state index contributed by atoms with van der Waals surface area (Å²) in [7, 11) is 0. The Morgan fingerprint density at radius 3 is 2.27 bits per heavy atom. The molecule has 11 heavy (non-hydrogen) atoms. The van der Waals surface area contributed by atoms with Crippen LogP contribution < -0.4 is 0 Å². The molecule has 2 nitrogen and oxygen atoms in total. The summed E-state index contributed by atoms with van der Waals surface area (Å²) in [6, 6.07) is 6.68. The van der Waals surface area contributed by atoms with Gasteiger partial charge in [0.15, 0.2) is 5.17 Å². The van der Waals surface area contributed by atoms with E-state index in [2.05, 4.69) is 5.16 Å². The first kappa shape index (κ1) is 8.37. The molecule has 58 valence electrons. The van der Waals surface area contributed by atoms with Gasteiger partial charge in [0.2, 0.25) is 0 Å². The molecule has 0 heterocycles. The average molecular weight is 190 g/mol. The van der Waals surface area contributed by atoms with Crippen LogP contribution in [0.15, 0.2) is 29.4 Å². The van der Waals surface area contributed by atoms with Gasteiger partial charge in [-0.2, -0.15) is 0 Å². The molecule has 0 aliphatic rings. The Balaban J connectivity index is 2.99. The van der Waals surface area contributed by atoms with Crippen LogP contribution in [-0.4, -0.2) is 10.4 Å². The van der Waals surface area contributed by atoms with Crippen molar-refractivity contribution in [1.29, 1.82) is 0 Å². The van der Waals surface area contributed by atoms with Crippen LogP contribution in [-0.2, 0) is 0 Å². The fraction of sp³-hybridized carbons (Fsp3) is 0. The summed E-state index contributed by atoms with van der Waals surface area (Å²) in [5.41, 5.74) is 0.638. The standard InChI is InChI=1S/C7H5Cl2NO/c8-6-3-1-5(2-4-6)7(9)10-11/h1-4,11H/b10-7-. The zero-order valence-corrected chi connectivity index (χ0v) is 6.97. The van der Waals surface area contributed by atoms with Gasteiger partial charge in [0.25, 0.3) is 0 Å². The van der Waals surface area contributed by atoms with Gasteiger partial charge in [0.05, 0.1) is 0 Å². The molecule has 1 N–H and O–H groups in total. The molecule has 0 aliphatic heterocycles. The van der Waals surface area contributed by atoms with E-state index in [0.29, 0.717) is 10.6 Å². The third-order valence-corrected chi connectivity index (χ3v) is 1.72. The molecule has 0 unspecified atom stereocenters. The van der Waals surface area contributed by atoms with Crippen molar-refractivity contribution in [2.45, 2.75) is 0 Å². The van der Waals surface area contributed by atoms with Crippen molar-refractivity contribution in [2.24, 2.45) is 5.16 Å². The second-order valence-electron chi connectivity index (χ2n) is 1.90. The third-order valence-electron chi connectivity index (χ3n) is 1.17. The predicted molar refractivity (Wildman–Crippen MR) is 45.6 cm³/mol. The lowest BCUT2D eigenvalue weighted by molar-refractivity contribution is 0.321. The fourth-order valence-corrected chi connectivity index (χ4v) is 0.897. The van der Waals surface area contributed by atoms with Crippen LogP contribution in [0.25, 0.3) is 0 Å². The Bertz CT molecular complexity index is 268. The van der Waals surface area contributed by atoms with Crippen LogP contribution in [0.5, 0.6) is 0 Å². The Hall–Kier alpha value is -0.730. The minimum atomic E-state index is 0.0571. The van der Waals surface area contributed by atoms with Gasteiger partial charge in [-0.3, -0.25) is 0 Å². The first-order valence-electron chi connectivity index (χ1n) is 2.87. The van der Waals surface area contributed by atoms with Crippen molar-refractivity contribution in [3.63, 3.8) is 0 Å². The van der Waals surface area contributed by atoms with Crippen molar-refractivity contribution in [3.05, 3.63) is 34.9 Å². The van der Waals surface area contributed by atoms with E-state index in [1.807, 2.05) is 0 Å². The Morgan fingerprint density at radius 2 is 1.82 bits per heavy atom. The minimum absolute atomic E-state index is 0.0571. The molecule has 0 amide bonds. The largest absolute Gasteiger partial charge is 0.410 e. The number of benzene rings is 1. The second kappa shape index (κ2) is 3.60. The van der Waals surface area contributed by atoms with Gasteiger partial charge in [-0.1, -0.05) is 40.5 Å². The fourth-order valence-electron chi connectivity index (χ4n) is 0.645. The average Bonchev–Trinajstić information content (AvgIpc) is 2.05. The monoisotopic (exact) mass is 189 g/mol. The third kappa shape index (κ3) is 2.10. The summed E-state index contributed by atoms with van der Waals surface area (Å²) in [4.78, 5) is 0. The van der Waals surface area contributed by atoms with Crippen molar-refractivity contribution in [2.75, 3.05) is 0 Å². The molecule has 0 atom stereocenters. The molecule has 0 saturated heterocycles. The van der Waals surface area contributed by atoms with Gasteiger partial charge in [-0.25, -0.2) is 0 Å². The number of rotatable bonds is 1.